The number of ether oxygens (including phenoxy) is 2. The van der Waals surface area contributed by atoms with E-state index in [9.17, 15) is 14.4 Å². The second kappa shape index (κ2) is 12.2. The number of halogens is 1. The standard InChI is InChI=1S/C29H26ClNO6/c1-2-35-29(34)26-18-25(32)23-16-21(30)17-24(27(23)37-26)31-28(33)20-11-13-22(14-12-20)36-15-7-6-10-19-8-4-3-5-9-19/h3-5,8-9,11-14,16-18H,2,6-7,10,15H2,1H3,(H,31,33). The Hall–Kier alpha value is -4.10. The van der Waals surface area contributed by atoms with Crippen LogP contribution in [0, 0.1) is 0 Å². The molecule has 1 aromatic heterocycles. The number of nitrogens with one attached hydrogen (secondary N) is 1. The van der Waals surface area contributed by atoms with Gasteiger partial charge < -0.3 is 19.2 Å². The molecule has 0 aliphatic rings. The minimum absolute atomic E-state index is 0.0313. The van der Waals surface area contributed by atoms with Crippen molar-refractivity contribution < 1.29 is 23.5 Å². The van der Waals surface area contributed by atoms with Gasteiger partial charge in [-0.3, -0.25) is 9.59 Å². The summed E-state index contributed by atoms with van der Waals surface area (Å²) < 4.78 is 16.3. The van der Waals surface area contributed by atoms with Crippen LogP contribution in [0.1, 0.15) is 46.2 Å². The molecule has 37 heavy (non-hydrogen) atoms. The molecule has 1 N–H and O–H groups in total. The molecule has 7 nitrogen and oxygen atoms in total. The summed E-state index contributed by atoms with van der Waals surface area (Å²) in [5, 5.41) is 3.08. The summed E-state index contributed by atoms with van der Waals surface area (Å²) >= 11 is 6.16. The van der Waals surface area contributed by atoms with Gasteiger partial charge in [-0.1, -0.05) is 41.9 Å². The quantitative estimate of drug-likeness (QED) is 0.196. The molecule has 0 saturated carbocycles. The van der Waals surface area contributed by atoms with Gasteiger partial charge in [-0.05, 0) is 68.1 Å². The van der Waals surface area contributed by atoms with Crippen molar-refractivity contribution in [2.24, 2.45) is 0 Å². The van der Waals surface area contributed by atoms with Gasteiger partial charge in [0.2, 0.25) is 5.76 Å². The van der Waals surface area contributed by atoms with E-state index in [0.29, 0.717) is 17.9 Å². The number of amides is 1. The van der Waals surface area contributed by atoms with Crippen LogP contribution < -0.4 is 15.5 Å². The van der Waals surface area contributed by atoms with Crippen molar-refractivity contribution in [2.75, 3.05) is 18.5 Å². The SMILES string of the molecule is CCOC(=O)c1cc(=O)c2cc(Cl)cc(NC(=O)c3ccc(OCCCCc4ccccc4)cc3)c2o1. The molecule has 3 aromatic carbocycles. The Morgan fingerprint density at radius 1 is 0.973 bits per heavy atom. The number of fused-ring (bicyclic) bond motifs is 1. The lowest BCUT2D eigenvalue weighted by Gasteiger charge is -2.11. The fraction of sp³-hybridized carbons (Fsp3) is 0.207. The van der Waals surface area contributed by atoms with Crippen LogP contribution in [0.5, 0.6) is 5.75 Å². The molecule has 4 rings (SSSR count). The van der Waals surface area contributed by atoms with Crippen molar-refractivity contribution in [3.05, 3.63) is 105 Å². The highest BCUT2D eigenvalue weighted by atomic mass is 35.5. The molecule has 0 spiro atoms. The van der Waals surface area contributed by atoms with Crippen molar-refractivity contribution >= 4 is 40.1 Å². The first-order valence-corrected chi connectivity index (χ1v) is 12.3. The Bertz CT molecular complexity index is 1450. The number of unbranched alkanes of at least 4 members (excludes halogenated alkanes) is 1. The lowest BCUT2D eigenvalue weighted by Crippen LogP contribution is -2.14. The van der Waals surface area contributed by atoms with Crippen molar-refractivity contribution in [1.29, 1.82) is 0 Å². The van der Waals surface area contributed by atoms with Gasteiger partial charge in [0.25, 0.3) is 5.91 Å². The maximum atomic E-state index is 12.9. The minimum atomic E-state index is -0.774. The molecule has 0 radical (unpaired) electrons. The first kappa shape index (κ1) is 26.0. The molecular formula is C29H26ClNO6. The highest BCUT2D eigenvalue weighted by Crippen LogP contribution is 2.28. The normalized spacial score (nSPS) is 10.8. The zero-order valence-electron chi connectivity index (χ0n) is 20.3. The Morgan fingerprint density at radius 3 is 2.46 bits per heavy atom. The van der Waals surface area contributed by atoms with E-state index in [4.69, 9.17) is 25.5 Å². The molecule has 0 aliphatic carbocycles. The van der Waals surface area contributed by atoms with Crippen molar-refractivity contribution in [2.45, 2.75) is 26.2 Å². The van der Waals surface area contributed by atoms with E-state index in [-0.39, 0.29) is 34.0 Å². The molecule has 0 fully saturated rings. The van der Waals surface area contributed by atoms with Gasteiger partial charge >= 0.3 is 5.97 Å². The van der Waals surface area contributed by atoms with E-state index in [1.807, 2.05) is 18.2 Å². The zero-order valence-corrected chi connectivity index (χ0v) is 21.0. The topological polar surface area (TPSA) is 94.8 Å². The molecule has 190 valence electrons. The maximum absolute atomic E-state index is 12.9. The Balaban J connectivity index is 1.41. The number of aryl methyl sites for hydroxylation is 1. The first-order valence-electron chi connectivity index (χ1n) is 12.0. The van der Waals surface area contributed by atoms with Gasteiger partial charge in [-0.25, -0.2) is 4.79 Å². The van der Waals surface area contributed by atoms with E-state index in [1.54, 1.807) is 31.2 Å². The van der Waals surface area contributed by atoms with E-state index in [1.165, 1.54) is 17.7 Å². The summed E-state index contributed by atoms with van der Waals surface area (Å²) in [4.78, 5) is 37.6. The second-order valence-corrected chi connectivity index (χ2v) is 8.73. The molecule has 4 aromatic rings. The van der Waals surface area contributed by atoms with E-state index >= 15 is 0 Å². The number of hydrogen-bond donors (Lipinski definition) is 1. The Morgan fingerprint density at radius 2 is 1.73 bits per heavy atom. The summed E-state index contributed by atoms with van der Waals surface area (Å²) in [6.07, 6.45) is 2.94. The lowest BCUT2D eigenvalue weighted by atomic mass is 10.1. The number of benzene rings is 3. The number of carbonyl (C=O) groups is 2. The summed E-state index contributed by atoms with van der Waals surface area (Å²) in [6.45, 7) is 2.34. The zero-order chi connectivity index (χ0) is 26.2. The van der Waals surface area contributed by atoms with E-state index < -0.39 is 17.3 Å². The number of anilines is 1. The molecule has 0 unspecified atom stereocenters. The number of rotatable bonds is 10. The highest BCUT2D eigenvalue weighted by molar-refractivity contribution is 6.32. The van der Waals surface area contributed by atoms with Crippen LogP contribution in [0.25, 0.3) is 11.0 Å². The number of esters is 1. The molecule has 0 saturated heterocycles. The molecule has 1 amide bonds. The third-order valence-corrected chi connectivity index (χ3v) is 5.82. The minimum Gasteiger partial charge on any atom is -0.494 e. The van der Waals surface area contributed by atoms with Crippen molar-refractivity contribution in [3.63, 3.8) is 0 Å². The fourth-order valence-electron chi connectivity index (χ4n) is 3.78. The second-order valence-electron chi connectivity index (χ2n) is 8.30. The van der Waals surface area contributed by atoms with Gasteiger partial charge in [0.05, 0.1) is 24.3 Å². The monoisotopic (exact) mass is 519 g/mol. The van der Waals surface area contributed by atoms with Crippen LogP contribution in [-0.4, -0.2) is 25.1 Å². The van der Waals surface area contributed by atoms with Crippen LogP contribution in [0.3, 0.4) is 0 Å². The predicted octanol–water partition coefficient (Wildman–Crippen LogP) is 6.28. The average Bonchev–Trinajstić information content (AvgIpc) is 2.90. The van der Waals surface area contributed by atoms with Crippen LogP contribution in [0.2, 0.25) is 5.02 Å². The van der Waals surface area contributed by atoms with Gasteiger partial charge in [0.15, 0.2) is 11.0 Å². The highest BCUT2D eigenvalue weighted by Gasteiger charge is 2.18. The molecular weight excluding hydrogens is 494 g/mol. The summed E-state index contributed by atoms with van der Waals surface area (Å²) in [7, 11) is 0. The third kappa shape index (κ3) is 6.77. The largest absolute Gasteiger partial charge is 0.494 e. The van der Waals surface area contributed by atoms with Crippen molar-refractivity contribution in [1.82, 2.24) is 0 Å². The lowest BCUT2D eigenvalue weighted by molar-refractivity contribution is 0.0490. The Kier molecular flexibility index (Phi) is 8.59. The van der Waals surface area contributed by atoms with E-state index in [2.05, 4.69) is 17.4 Å². The predicted molar refractivity (Wildman–Crippen MR) is 143 cm³/mol. The summed E-state index contributed by atoms with van der Waals surface area (Å²) in [5.41, 5.74) is 1.39. The average molecular weight is 520 g/mol. The maximum Gasteiger partial charge on any atom is 0.374 e. The molecule has 8 heteroatoms. The van der Waals surface area contributed by atoms with Crippen molar-refractivity contribution in [3.8, 4) is 5.75 Å². The van der Waals surface area contributed by atoms with Gasteiger partial charge in [-0.15, -0.1) is 0 Å². The molecule has 0 atom stereocenters. The van der Waals surface area contributed by atoms with Gasteiger partial charge in [0, 0.05) is 16.7 Å². The van der Waals surface area contributed by atoms with Crippen LogP contribution in [-0.2, 0) is 11.2 Å². The van der Waals surface area contributed by atoms with Crippen LogP contribution >= 0.6 is 11.6 Å². The van der Waals surface area contributed by atoms with E-state index in [0.717, 1.165) is 25.3 Å². The molecule has 1 heterocycles. The van der Waals surface area contributed by atoms with Gasteiger partial charge in [-0.2, -0.15) is 0 Å². The summed E-state index contributed by atoms with van der Waals surface area (Å²) in [6, 6.07) is 20.9. The molecule has 0 bridgehead atoms. The number of carbonyl (C=O) groups excluding carboxylic acids is 2. The third-order valence-electron chi connectivity index (χ3n) is 5.61. The Labute approximate surface area is 219 Å². The number of hydrogen-bond acceptors (Lipinski definition) is 6. The van der Waals surface area contributed by atoms with Crippen LogP contribution in [0.15, 0.2) is 82.0 Å². The van der Waals surface area contributed by atoms with Gasteiger partial charge in [0.1, 0.15) is 5.75 Å². The molecule has 0 aliphatic heterocycles. The van der Waals surface area contributed by atoms with Crippen LogP contribution in [0.4, 0.5) is 5.69 Å². The first-order chi connectivity index (χ1) is 17.9. The smallest absolute Gasteiger partial charge is 0.374 e. The summed E-state index contributed by atoms with van der Waals surface area (Å²) in [5.74, 6) is -0.816. The fourth-order valence-corrected chi connectivity index (χ4v) is 4.00.